The van der Waals surface area contributed by atoms with Crippen molar-refractivity contribution in [2.24, 2.45) is 0 Å². The number of fused-ring (bicyclic) bond motifs is 1. The molecule has 0 fully saturated rings. The molecule has 0 radical (unpaired) electrons. The summed E-state index contributed by atoms with van der Waals surface area (Å²) in [6.07, 6.45) is 0. The Labute approximate surface area is 194 Å². The lowest BCUT2D eigenvalue weighted by Crippen LogP contribution is -2.22. The highest BCUT2D eigenvalue weighted by Gasteiger charge is 2.20. The molecule has 0 atom stereocenters. The molecule has 162 valence electrons. The molecule has 1 amide bonds. The summed E-state index contributed by atoms with van der Waals surface area (Å²) in [6.45, 7) is 3.42. The molecule has 1 N–H and O–H groups in total. The molecule has 7 heteroatoms. The first-order valence-electron chi connectivity index (χ1n) is 9.84. The van der Waals surface area contributed by atoms with Gasteiger partial charge in [0.1, 0.15) is 5.58 Å². The Hall–Kier alpha value is -3.28. The normalized spacial score (nSPS) is 10.9. The Morgan fingerprint density at radius 3 is 2.38 bits per heavy atom. The molecule has 32 heavy (non-hydrogen) atoms. The van der Waals surface area contributed by atoms with E-state index in [1.807, 2.05) is 38.1 Å². The summed E-state index contributed by atoms with van der Waals surface area (Å²) in [5, 5.41) is 3.99. The fourth-order valence-corrected chi connectivity index (χ4v) is 3.48. The molecule has 0 aliphatic carbocycles. The molecule has 1 aromatic heterocycles. The monoisotopic (exact) mass is 467 g/mol. The number of anilines is 1. The maximum Gasteiger partial charge on any atom is 0.262 e. The molecule has 4 aromatic rings. The number of rotatable bonds is 5. The summed E-state index contributed by atoms with van der Waals surface area (Å²) < 4.78 is 11.8. The molecule has 0 saturated carbocycles. The van der Waals surface area contributed by atoms with Crippen LogP contribution in [0.3, 0.4) is 0 Å². The van der Waals surface area contributed by atoms with Crippen molar-refractivity contribution in [3.63, 3.8) is 0 Å². The minimum absolute atomic E-state index is 0.0486. The number of carbonyl (C=O) groups excluding carboxylic acids is 1. The molecule has 0 bridgehead atoms. The molecular formula is C25H19Cl2NO4. The van der Waals surface area contributed by atoms with Crippen LogP contribution in [-0.2, 0) is 4.79 Å². The number of benzene rings is 3. The number of ether oxygens (including phenoxy) is 1. The molecule has 4 rings (SSSR count). The average molecular weight is 468 g/mol. The molecule has 0 spiro atoms. The zero-order valence-electron chi connectivity index (χ0n) is 17.4. The topological polar surface area (TPSA) is 68.5 Å². The summed E-state index contributed by atoms with van der Waals surface area (Å²) in [7, 11) is 0. The summed E-state index contributed by atoms with van der Waals surface area (Å²) >= 11 is 12.1. The number of amides is 1. The molecule has 0 aliphatic heterocycles. The van der Waals surface area contributed by atoms with E-state index in [0.29, 0.717) is 26.9 Å². The molecule has 5 nitrogen and oxygen atoms in total. The Bertz CT molecular complexity index is 1360. The predicted molar refractivity (Wildman–Crippen MR) is 128 cm³/mol. The van der Waals surface area contributed by atoms with E-state index in [0.717, 1.165) is 11.1 Å². The van der Waals surface area contributed by atoms with Crippen molar-refractivity contribution >= 4 is 45.8 Å². The predicted octanol–water partition coefficient (Wildman–Crippen LogP) is 6.40. The van der Waals surface area contributed by atoms with Gasteiger partial charge in [-0.1, -0.05) is 53.0 Å². The summed E-state index contributed by atoms with van der Waals surface area (Å²) in [4.78, 5) is 25.7. The molecule has 0 aliphatic rings. The van der Waals surface area contributed by atoms with Gasteiger partial charge in [-0.25, -0.2) is 0 Å². The Morgan fingerprint density at radius 1 is 1.00 bits per heavy atom. The average Bonchev–Trinajstić information content (AvgIpc) is 2.76. The van der Waals surface area contributed by atoms with Crippen molar-refractivity contribution in [2.75, 3.05) is 11.9 Å². The summed E-state index contributed by atoms with van der Waals surface area (Å²) in [5.41, 5.74) is 3.07. The number of hydrogen-bond acceptors (Lipinski definition) is 4. The third-order valence-corrected chi connectivity index (χ3v) is 5.58. The minimum Gasteiger partial charge on any atom is -0.476 e. The van der Waals surface area contributed by atoms with Crippen molar-refractivity contribution in [1.29, 1.82) is 0 Å². The fraction of sp³-hybridized carbons (Fsp3) is 0.120. The van der Waals surface area contributed by atoms with Crippen LogP contribution in [0.2, 0.25) is 10.0 Å². The van der Waals surface area contributed by atoms with Gasteiger partial charge < -0.3 is 14.5 Å². The van der Waals surface area contributed by atoms with Gasteiger partial charge in [0.05, 0.1) is 5.39 Å². The van der Waals surface area contributed by atoms with E-state index < -0.39 is 11.3 Å². The van der Waals surface area contributed by atoms with Crippen molar-refractivity contribution < 1.29 is 13.9 Å². The van der Waals surface area contributed by atoms with Gasteiger partial charge in [0.2, 0.25) is 11.2 Å². The third kappa shape index (κ3) is 4.64. The van der Waals surface area contributed by atoms with Gasteiger partial charge >= 0.3 is 0 Å². The SMILES string of the molecule is Cc1ccc(-c2oc3cc(C)c(Cl)cc3c(=O)c2OCC(=O)Nc2ccc(Cl)cc2)cc1. The number of aryl methyl sites for hydroxylation is 2. The lowest BCUT2D eigenvalue weighted by molar-refractivity contribution is -0.118. The first kappa shape index (κ1) is 21.9. The van der Waals surface area contributed by atoms with Gasteiger partial charge in [-0.05, 0) is 55.8 Å². The van der Waals surface area contributed by atoms with Crippen LogP contribution in [0.25, 0.3) is 22.3 Å². The highest BCUT2D eigenvalue weighted by atomic mass is 35.5. The van der Waals surface area contributed by atoms with Crippen LogP contribution in [0.5, 0.6) is 5.75 Å². The Kier molecular flexibility index (Phi) is 6.21. The second-order valence-corrected chi connectivity index (χ2v) is 8.24. The highest BCUT2D eigenvalue weighted by Crippen LogP contribution is 2.33. The van der Waals surface area contributed by atoms with E-state index in [-0.39, 0.29) is 23.5 Å². The maximum atomic E-state index is 13.3. The van der Waals surface area contributed by atoms with E-state index in [1.165, 1.54) is 0 Å². The van der Waals surface area contributed by atoms with E-state index in [4.69, 9.17) is 32.4 Å². The van der Waals surface area contributed by atoms with Crippen LogP contribution < -0.4 is 15.5 Å². The molecule has 3 aromatic carbocycles. The second kappa shape index (κ2) is 9.07. The molecule has 1 heterocycles. The van der Waals surface area contributed by atoms with Crippen LogP contribution in [-0.4, -0.2) is 12.5 Å². The fourth-order valence-electron chi connectivity index (χ4n) is 3.19. The Morgan fingerprint density at radius 2 is 1.69 bits per heavy atom. The van der Waals surface area contributed by atoms with Crippen LogP contribution in [0.1, 0.15) is 11.1 Å². The number of halogens is 2. The van der Waals surface area contributed by atoms with Crippen LogP contribution >= 0.6 is 23.2 Å². The zero-order chi connectivity index (χ0) is 22.8. The van der Waals surface area contributed by atoms with E-state index in [1.54, 1.807) is 36.4 Å². The summed E-state index contributed by atoms with van der Waals surface area (Å²) in [5.74, 6) is -0.223. The van der Waals surface area contributed by atoms with E-state index in [2.05, 4.69) is 5.32 Å². The lowest BCUT2D eigenvalue weighted by atomic mass is 10.1. The van der Waals surface area contributed by atoms with Gasteiger partial charge in [0, 0.05) is 21.3 Å². The minimum atomic E-state index is -0.427. The third-order valence-electron chi connectivity index (χ3n) is 4.92. The molecule has 0 unspecified atom stereocenters. The van der Waals surface area contributed by atoms with Crippen molar-refractivity contribution in [1.82, 2.24) is 0 Å². The van der Waals surface area contributed by atoms with Crippen LogP contribution in [0, 0.1) is 13.8 Å². The maximum absolute atomic E-state index is 13.3. The van der Waals surface area contributed by atoms with Gasteiger partial charge in [-0.3, -0.25) is 9.59 Å². The van der Waals surface area contributed by atoms with Crippen LogP contribution in [0.15, 0.2) is 69.9 Å². The standard InChI is InChI=1S/C25H19Cl2NO4/c1-14-3-5-16(6-4-14)24-25(23(30)19-12-20(27)15(2)11-21(19)32-24)31-13-22(29)28-18-9-7-17(26)8-10-18/h3-12H,13H2,1-2H3,(H,28,29). The van der Waals surface area contributed by atoms with E-state index in [9.17, 15) is 9.59 Å². The van der Waals surface area contributed by atoms with Gasteiger partial charge in [-0.2, -0.15) is 0 Å². The van der Waals surface area contributed by atoms with E-state index >= 15 is 0 Å². The van der Waals surface area contributed by atoms with Gasteiger partial charge in [0.25, 0.3) is 5.91 Å². The first-order chi connectivity index (χ1) is 15.3. The second-order valence-electron chi connectivity index (χ2n) is 7.40. The zero-order valence-corrected chi connectivity index (χ0v) is 18.9. The van der Waals surface area contributed by atoms with Gasteiger partial charge in [-0.15, -0.1) is 0 Å². The van der Waals surface area contributed by atoms with Crippen molar-refractivity contribution in [2.45, 2.75) is 13.8 Å². The number of nitrogens with one attached hydrogen (secondary N) is 1. The smallest absolute Gasteiger partial charge is 0.262 e. The van der Waals surface area contributed by atoms with Crippen molar-refractivity contribution in [3.8, 4) is 17.1 Å². The molecule has 0 saturated heterocycles. The highest BCUT2D eigenvalue weighted by molar-refractivity contribution is 6.32. The lowest BCUT2D eigenvalue weighted by Gasteiger charge is -2.13. The van der Waals surface area contributed by atoms with Gasteiger partial charge in [0.15, 0.2) is 12.4 Å². The first-order valence-corrected chi connectivity index (χ1v) is 10.6. The quantitative estimate of drug-likeness (QED) is 0.368. The number of carbonyl (C=O) groups is 1. The number of hydrogen-bond donors (Lipinski definition) is 1. The molecular weight excluding hydrogens is 449 g/mol. The Balaban J connectivity index is 1.71. The largest absolute Gasteiger partial charge is 0.476 e. The summed E-state index contributed by atoms with van der Waals surface area (Å²) in [6, 6.07) is 17.4. The van der Waals surface area contributed by atoms with Crippen LogP contribution in [0.4, 0.5) is 5.69 Å². The van der Waals surface area contributed by atoms with Crippen molar-refractivity contribution in [3.05, 3.63) is 92.1 Å².